The molecular weight excluding hydrogens is 410 g/mol. The molecule has 0 saturated heterocycles. The maximum atomic E-state index is 13.2. The van der Waals surface area contributed by atoms with Crippen molar-refractivity contribution in [1.82, 2.24) is 20.2 Å². The second-order valence-corrected chi connectivity index (χ2v) is 10.0. The molecular formula is C23H21N5O2S. The van der Waals surface area contributed by atoms with E-state index in [1.165, 1.54) is 11.8 Å². The zero-order chi connectivity index (χ0) is 21.2. The van der Waals surface area contributed by atoms with Crippen LogP contribution in [0.1, 0.15) is 43.9 Å². The summed E-state index contributed by atoms with van der Waals surface area (Å²) in [5.74, 6) is 1.19. The molecule has 7 nitrogen and oxygen atoms in total. The van der Waals surface area contributed by atoms with Crippen LogP contribution in [0.25, 0.3) is 11.0 Å². The largest absolute Gasteiger partial charge is 0.454 e. The van der Waals surface area contributed by atoms with Crippen molar-refractivity contribution in [3.8, 4) is 0 Å². The molecule has 4 heterocycles. The van der Waals surface area contributed by atoms with Gasteiger partial charge in [-0.2, -0.15) is 5.10 Å². The van der Waals surface area contributed by atoms with Crippen LogP contribution in [0, 0.1) is 11.3 Å². The Balaban J connectivity index is 1.35. The molecule has 0 radical (unpaired) electrons. The van der Waals surface area contributed by atoms with E-state index < -0.39 is 0 Å². The minimum Gasteiger partial charge on any atom is -0.454 e. The van der Waals surface area contributed by atoms with E-state index in [1.807, 2.05) is 36.4 Å². The fraction of sp³-hybridized carbons (Fsp3) is 0.304. The predicted molar refractivity (Wildman–Crippen MR) is 118 cm³/mol. The number of aromatic nitrogens is 4. The van der Waals surface area contributed by atoms with E-state index in [1.54, 1.807) is 6.20 Å². The average molecular weight is 432 g/mol. The highest BCUT2D eigenvalue weighted by molar-refractivity contribution is 7.99. The highest BCUT2D eigenvalue weighted by atomic mass is 32.2. The fourth-order valence-electron chi connectivity index (χ4n) is 4.79. The zero-order valence-electron chi connectivity index (χ0n) is 17.2. The Labute approximate surface area is 182 Å². The summed E-state index contributed by atoms with van der Waals surface area (Å²) in [6, 6.07) is 11.8. The molecule has 1 aliphatic heterocycles. The van der Waals surface area contributed by atoms with Gasteiger partial charge >= 0.3 is 0 Å². The molecule has 3 aromatic heterocycles. The highest BCUT2D eigenvalue weighted by Gasteiger charge is 2.47. The van der Waals surface area contributed by atoms with Crippen molar-refractivity contribution in [2.75, 3.05) is 0 Å². The number of rotatable bonds is 3. The van der Waals surface area contributed by atoms with Gasteiger partial charge in [-0.25, -0.2) is 9.98 Å². The van der Waals surface area contributed by atoms with Gasteiger partial charge in [0, 0.05) is 17.7 Å². The molecule has 31 heavy (non-hydrogen) atoms. The van der Waals surface area contributed by atoms with Crippen molar-refractivity contribution in [1.29, 1.82) is 0 Å². The topological polar surface area (TPSA) is 99.9 Å². The van der Waals surface area contributed by atoms with Gasteiger partial charge in [-0.15, -0.1) is 0 Å². The van der Waals surface area contributed by atoms with Crippen molar-refractivity contribution >= 4 is 40.1 Å². The first-order valence-corrected chi connectivity index (χ1v) is 11.1. The first-order valence-electron chi connectivity index (χ1n) is 10.3. The quantitative estimate of drug-likeness (QED) is 0.461. The molecule has 2 unspecified atom stereocenters. The first-order chi connectivity index (χ1) is 15.0. The van der Waals surface area contributed by atoms with Crippen molar-refractivity contribution < 1.29 is 9.21 Å². The summed E-state index contributed by atoms with van der Waals surface area (Å²) < 4.78 is 6.25. The third-order valence-corrected chi connectivity index (χ3v) is 6.87. The molecule has 1 aromatic carbocycles. The maximum Gasteiger partial charge on any atom is 0.174 e. The molecule has 1 fully saturated rings. The Morgan fingerprint density at radius 3 is 2.87 bits per heavy atom. The number of nitrogens with one attached hydrogen (secondary N) is 2. The van der Waals surface area contributed by atoms with Crippen LogP contribution in [-0.2, 0) is 4.79 Å². The summed E-state index contributed by atoms with van der Waals surface area (Å²) in [5, 5.41) is 8.68. The second-order valence-electron chi connectivity index (χ2n) is 9.03. The lowest BCUT2D eigenvalue weighted by atomic mass is 9.65. The van der Waals surface area contributed by atoms with Crippen LogP contribution >= 0.6 is 11.8 Å². The van der Waals surface area contributed by atoms with Crippen LogP contribution in [-0.4, -0.2) is 31.7 Å². The molecule has 4 aromatic rings. The van der Waals surface area contributed by atoms with Crippen LogP contribution in [0.5, 0.6) is 0 Å². The molecule has 2 N–H and O–H groups in total. The molecule has 156 valence electrons. The van der Waals surface area contributed by atoms with Crippen LogP contribution in [0.2, 0.25) is 0 Å². The van der Waals surface area contributed by atoms with Gasteiger partial charge < -0.3 is 9.40 Å². The molecule has 2 atom stereocenters. The number of hydrogen-bond acceptors (Lipinski definition) is 6. The monoisotopic (exact) mass is 431 g/mol. The van der Waals surface area contributed by atoms with Gasteiger partial charge in [-0.05, 0) is 47.9 Å². The smallest absolute Gasteiger partial charge is 0.174 e. The number of carbonyl (C=O) groups excluding carboxylic acids is 1. The van der Waals surface area contributed by atoms with E-state index in [-0.39, 0.29) is 23.0 Å². The van der Waals surface area contributed by atoms with Crippen LogP contribution in [0.4, 0.5) is 5.82 Å². The Bertz CT molecular complexity index is 1310. The Morgan fingerprint density at radius 2 is 2.00 bits per heavy atom. The van der Waals surface area contributed by atoms with Crippen molar-refractivity contribution in [3.63, 3.8) is 0 Å². The number of carbonyl (C=O) groups is 1. The number of hydrogen-bond donors (Lipinski definition) is 2. The summed E-state index contributed by atoms with van der Waals surface area (Å²) in [6.07, 6.45) is 3.10. The lowest BCUT2D eigenvalue weighted by Crippen LogP contribution is -2.42. The lowest BCUT2D eigenvalue weighted by molar-refractivity contribution is -0.124. The van der Waals surface area contributed by atoms with Gasteiger partial charge in [0.25, 0.3) is 0 Å². The minimum absolute atomic E-state index is 0.0834. The Kier molecular flexibility index (Phi) is 4.02. The number of para-hydroxylation sites is 2. The molecule has 6 rings (SSSR count). The van der Waals surface area contributed by atoms with E-state index in [0.717, 1.165) is 50.6 Å². The molecule has 0 amide bonds. The van der Waals surface area contributed by atoms with Gasteiger partial charge in [0.05, 0.1) is 29.1 Å². The summed E-state index contributed by atoms with van der Waals surface area (Å²) in [7, 11) is 0. The van der Waals surface area contributed by atoms with E-state index in [4.69, 9.17) is 9.41 Å². The minimum atomic E-state index is -0.298. The second kappa shape index (κ2) is 6.68. The predicted octanol–water partition coefficient (Wildman–Crippen LogP) is 5.25. The third kappa shape index (κ3) is 3.13. The number of furan rings is 1. The Hall–Kier alpha value is -3.13. The number of ketones is 1. The van der Waals surface area contributed by atoms with Crippen molar-refractivity contribution in [3.05, 3.63) is 53.9 Å². The van der Waals surface area contributed by atoms with Gasteiger partial charge in [0.1, 0.15) is 11.5 Å². The number of H-pyrrole nitrogens is 2. The summed E-state index contributed by atoms with van der Waals surface area (Å²) in [5.41, 5.74) is 3.66. The molecule has 1 aliphatic carbocycles. The van der Waals surface area contributed by atoms with E-state index >= 15 is 0 Å². The number of benzene rings is 1. The first kappa shape index (κ1) is 18.6. The van der Waals surface area contributed by atoms with Crippen LogP contribution in [0.3, 0.4) is 0 Å². The number of Topliss-reactive ketones (excluding diaryl/α,β-unsaturated/α-hetero) is 1. The number of aromatic amines is 2. The van der Waals surface area contributed by atoms with Crippen LogP contribution < -0.4 is 0 Å². The number of imidazole rings is 1. The standard InChI is InChI=1S/C23H21N5O2S/c1-23(2)9-15-20(16(29)10-23)19(12-11-24-28-21(12)25-15)17-7-8-18(30-17)31-22-26-13-5-3-4-6-14(13)27-22/h3-8,11,19-20H,9-10H2,1-2H3,(H,24,28)(H,26,27). The molecule has 0 spiro atoms. The number of fused-ring (bicyclic) bond motifs is 3. The normalized spacial score (nSPS) is 22.3. The van der Waals surface area contributed by atoms with Gasteiger partial charge in [0.15, 0.2) is 16.1 Å². The third-order valence-electron chi connectivity index (χ3n) is 6.06. The van der Waals surface area contributed by atoms with Gasteiger partial charge in [0.2, 0.25) is 0 Å². The lowest BCUT2D eigenvalue weighted by Gasteiger charge is -2.39. The summed E-state index contributed by atoms with van der Waals surface area (Å²) in [4.78, 5) is 25.9. The van der Waals surface area contributed by atoms with Crippen LogP contribution in [0.15, 0.2) is 62.3 Å². The number of aliphatic imine (C=N–C) groups is 1. The van der Waals surface area contributed by atoms with Gasteiger partial charge in [-0.3, -0.25) is 9.89 Å². The molecule has 8 heteroatoms. The van der Waals surface area contributed by atoms with E-state index in [0.29, 0.717) is 6.42 Å². The molecule has 1 saturated carbocycles. The highest BCUT2D eigenvalue weighted by Crippen LogP contribution is 2.49. The molecule has 2 aliphatic rings. The van der Waals surface area contributed by atoms with Gasteiger partial charge in [-0.1, -0.05) is 26.0 Å². The van der Waals surface area contributed by atoms with E-state index in [9.17, 15) is 4.79 Å². The Morgan fingerprint density at radius 1 is 1.13 bits per heavy atom. The molecule has 0 bridgehead atoms. The SMILES string of the molecule is CC1(C)CC(=O)C2C(=Nc3[nH]ncc3C2c2ccc(Sc3nc4ccccc4[nH]3)o2)C1. The number of nitrogens with zero attached hydrogens (tertiary/aromatic N) is 3. The zero-order valence-corrected chi connectivity index (χ0v) is 18.0. The summed E-state index contributed by atoms with van der Waals surface area (Å²) >= 11 is 1.44. The average Bonchev–Trinajstić information content (AvgIpc) is 3.44. The fourth-order valence-corrected chi connectivity index (χ4v) is 5.56. The maximum absolute atomic E-state index is 13.2. The van der Waals surface area contributed by atoms with Crippen molar-refractivity contribution in [2.24, 2.45) is 16.3 Å². The van der Waals surface area contributed by atoms with E-state index in [2.05, 4.69) is 34.0 Å². The summed E-state index contributed by atoms with van der Waals surface area (Å²) in [6.45, 7) is 4.24. The van der Waals surface area contributed by atoms with Crippen molar-refractivity contribution in [2.45, 2.75) is 42.9 Å².